The SMILES string of the molecule is CCOC(=O)c1ccc(NC(=O)COc2ccc(C=NNC(=O)C(CC(C)C)NC(=O)c3ccc(Cl)cc3)cc2OCC)cc1. The number of hydrogen-bond donors (Lipinski definition) is 3. The Morgan fingerprint density at radius 1 is 0.867 bits per heavy atom. The molecule has 0 fully saturated rings. The first kappa shape index (κ1) is 34.6. The van der Waals surface area contributed by atoms with Crippen molar-refractivity contribution in [1.29, 1.82) is 0 Å². The van der Waals surface area contributed by atoms with Crippen molar-refractivity contribution in [2.75, 3.05) is 25.1 Å². The van der Waals surface area contributed by atoms with Gasteiger partial charge in [0.2, 0.25) is 0 Å². The van der Waals surface area contributed by atoms with E-state index in [-0.39, 0.29) is 19.1 Å². The van der Waals surface area contributed by atoms with E-state index < -0.39 is 29.7 Å². The molecule has 3 rings (SSSR count). The summed E-state index contributed by atoms with van der Waals surface area (Å²) in [6, 6.07) is 16.9. The molecule has 1 unspecified atom stereocenters. The third-order valence-corrected chi connectivity index (χ3v) is 6.38. The third-order valence-electron chi connectivity index (χ3n) is 6.13. The zero-order valence-electron chi connectivity index (χ0n) is 25.6. The molecular weight excluding hydrogens is 600 g/mol. The second-order valence-corrected chi connectivity index (χ2v) is 10.6. The molecule has 0 heterocycles. The van der Waals surface area contributed by atoms with Gasteiger partial charge >= 0.3 is 5.97 Å². The topological polar surface area (TPSA) is 144 Å². The van der Waals surface area contributed by atoms with Gasteiger partial charge < -0.3 is 24.8 Å². The Bertz CT molecular complexity index is 1490. The highest BCUT2D eigenvalue weighted by atomic mass is 35.5. The van der Waals surface area contributed by atoms with Crippen LogP contribution >= 0.6 is 11.6 Å². The highest BCUT2D eigenvalue weighted by Crippen LogP contribution is 2.28. The van der Waals surface area contributed by atoms with Crippen molar-refractivity contribution in [2.24, 2.45) is 11.0 Å². The summed E-state index contributed by atoms with van der Waals surface area (Å²) in [4.78, 5) is 49.9. The van der Waals surface area contributed by atoms with Crippen LogP contribution < -0.4 is 25.5 Å². The van der Waals surface area contributed by atoms with E-state index in [1.54, 1.807) is 73.7 Å². The van der Waals surface area contributed by atoms with Gasteiger partial charge in [-0.2, -0.15) is 5.10 Å². The number of nitrogens with one attached hydrogen (secondary N) is 3. The van der Waals surface area contributed by atoms with Crippen LogP contribution in [0.3, 0.4) is 0 Å². The average molecular weight is 637 g/mol. The standard InChI is InChI=1S/C33H37ClN4O7/c1-5-43-29-18-22(7-16-28(29)45-20-30(39)36-26-14-10-24(11-15-26)33(42)44-6-2)19-35-38-32(41)27(17-21(3)4)37-31(40)23-8-12-25(34)13-9-23/h7-16,18-19,21,27H,5-6,17,20H2,1-4H3,(H,36,39)(H,37,40)(H,38,41). The molecular formula is C33H37ClN4O7. The minimum atomic E-state index is -0.804. The normalized spacial score (nSPS) is 11.5. The molecule has 1 atom stereocenters. The Labute approximate surface area is 267 Å². The van der Waals surface area contributed by atoms with Gasteiger partial charge in [-0.25, -0.2) is 10.2 Å². The molecule has 12 heteroatoms. The first-order valence-electron chi connectivity index (χ1n) is 14.5. The van der Waals surface area contributed by atoms with Gasteiger partial charge in [-0.1, -0.05) is 25.4 Å². The molecule has 0 bridgehead atoms. The molecule has 3 N–H and O–H groups in total. The molecule has 0 aliphatic heterocycles. The van der Waals surface area contributed by atoms with Gasteiger partial charge in [-0.3, -0.25) is 14.4 Å². The number of esters is 1. The van der Waals surface area contributed by atoms with Crippen LogP contribution in [0.1, 0.15) is 60.4 Å². The summed E-state index contributed by atoms with van der Waals surface area (Å²) in [5, 5.41) is 10.0. The van der Waals surface area contributed by atoms with Crippen molar-refractivity contribution in [3.05, 3.63) is 88.4 Å². The van der Waals surface area contributed by atoms with Crippen LogP contribution in [0.5, 0.6) is 11.5 Å². The fourth-order valence-electron chi connectivity index (χ4n) is 4.03. The monoisotopic (exact) mass is 636 g/mol. The fourth-order valence-corrected chi connectivity index (χ4v) is 4.16. The maximum absolute atomic E-state index is 12.9. The second kappa shape index (κ2) is 17.4. The van der Waals surface area contributed by atoms with E-state index in [4.69, 9.17) is 25.8 Å². The third kappa shape index (κ3) is 11.3. The summed E-state index contributed by atoms with van der Waals surface area (Å²) < 4.78 is 16.3. The number of benzene rings is 3. The maximum Gasteiger partial charge on any atom is 0.338 e. The summed E-state index contributed by atoms with van der Waals surface area (Å²) in [5.74, 6) is -0.848. The lowest BCUT2D eigenvalue weighted by molar-refractivity contribution is -0.123. The smallest absolute Gasteiger partial charge is 0.338 e. The van der Waals surface area contributed by atoms with Crippen molar-refractivity contribution in [2.45, 2.75) is 40.2 Å². The Hall–Kier alpha value is -4.90. The van der Waals surface area contributed by atoms with Crippen LogP contribution in [0.15, 0.2) is 71.8 Å². The second-order valence-electron chi connectivity index (χ2n) is 10.2. The lowest BCUT2D eigenvalue weighted by Crippen LogP contribution is -2.46. The molecule has 3 amide bonds. The molecule has 45 heavy (non-hydrogen) atoms. The summed E-state index contributed by atoms with van der Waals surface area (Å²) in [6.07, 6.45) is 1.85. The van der Waals surface area contributed by atoms with E-state index >= 15 is 0 Å². The lowest BCUT2D eigenvalue weighted by atomic mass is 10.0. The predicted molar refractivity (Wildman–Crippen MR) is 172 cm³/mol. The van der Waals surface area contributed by atoms with E-state index in [1.807, 2.05) is 20.8 Å². The molecule has 0 saturated heterocycles. The average Bonchev–Trinajstić information content (AvgIpc) is 3.01. The van der Waals surface area contributed by atoms with Gasteiger partial charge in [0.1, 0.15) is 6.04 Å². The fraction of sp³-hybridized carbons (Fsp3) is 0.303. The zero-order valence-corrected chi connectivity index (χ0v) is 26.4. The van der Waals surface area contributed by atoms with Crippen molar-refractivity contribution in [1.82, 2.24) is 10.7 Å². The first-order valence-corrected chi connectivity index (χ1v) is 14.8. The number of ether oxygens (including phenoxy) is 3. The highest BCUT2D eigenvalue weighted by Gasteiger charge is 2.22. The van der Waals surface area contributed by atoms with Crippen molar-refractivity contribution >= 4 is 47.2 Å². The number of nitrogens with zero attached hydrogens (tertiary/aromatic N) is 1. The molecule has 11 nitrogen and oxygen atoms in total. The number of amides is 3. The molecule has 0 saturated carbocycles. The number of halogens is 1. The summed E-state index contributed by atoms with van der Waals surface area (Å²) in [7, 11) is 0. The number of carbonyl (C=O) groups is 4. The summed E-state index contributed by atoms with van der Waals surface area (Å²) in [5.41, 5.74) is 4.36. The minimum absolute atomic E-state index is 0.135. The number of carbonyl (C=O) groups excluding carboxylic acids is 4. The largest absolute Gasteiger partial charge is 0.490 e. The quantitative estimate of drug-likeness (QED) is 0.118. The van der Waals surface area contributed by atoms with Crippen molar-refractivity contribution < 1.29 is 33.4 Å². The summed E-state index contributed by atoms with van der Waals surface area (Å²) in [6.45, 7) is 7.76. The van der Waals surface area contributed by atoms with Crippen LogP contribution in [0.25, 0.3) is 0 Å². The molecule has 3 aromatic carbocycles. The van der Waals surface area contributed by atoms with Gasteiger partial charge in [0.15, 0.2) is 18.1 Å². The Balaban J connectivity index is 1.58. The zero-order chi connectivity index (χ0) is 32.8. The van der Waals surface area contributed by atoms with Gasteiger partial charge in [0, 0.05) is 16.3 Å². The van der Waals surface area contributed by atoms with Crippen LogP contribution in [0.4, 0.5) is 5.69 Å². The Morgan fingerprint density at radius 2 is 1.56 bits per heavy atom. The number of anilines is 1. The minimum Gasteiger partial charge on any atom is -0.490 e. The molecule has 0 radical (unpaired) electrons. The predicted octanol–water partition coefficient (Wildman–Crippen LogP) is 5.23. The van der Waals surface area contributed by atoms with Crippen LogP contribution in [-0.4, -0.2) is 55.8 Å². The first-order chi connectivity index (χ1) is 21.6. The number of hydrogen-bond acceptors (Lipinski definition) is 8. The van der Waals surface area contributed by atoms with Crippen LogP contribution in [-0.2, 0) is 14.3 Å². The van der Waals surface area contributed by atoms with E-state index in [9.17, 15) is 19.2 Å². The molecule has 0 spiro atoms. The summed E-state index contributed by atoms with van der Waals surface area (Å²) >= 11 is 5.91. The maximum atomic E-state index is 12.9. The molecule has 0 aliphatic carbocycles. The van der Waals surface area contributed by atoms with Crippen molar-refractivity contribution in [3.63, 3.8) is 0 Å². The van der Waals surface area contributed by atoms with Gasteiger partial charge in [-0.05, 0) is 98.5 Å². The Morgan fingerprint density at radius 3 is 2.20 bits per heavy atom. The molecule has 0 aromatic heterocycles. The van der Waals surface area contributed by atoms with Crippen LogP contribution in [0, 0.1) is 5.92 Å². The van der Waals surface area contributed by atoms with E-state index in [0.717, 1.165) is 0 Å². The molecule has 0 aliphatic rings. The lowest BCUT2D eigenvalue weighted by Gasteiger charge is -2.19. The van der Waals surface area contributed by atoms with E-state index in [2.05, 4.69) is 21.2 Å². The number of rotatable bonds is 15. The van der Waals surface area contributed by atoms with Crippen molar-refractivity contribution in [3.8, 4) is 11.5 Å². The van der Waals surface area contributed by atoms with E-state index in [0.29, 0.717) is 51.9 Å². The number of hydrazone groups is 1. The molecule has 3 aromatic rings. The van der Waals surface area contributed by atoms with Gasteiger partial charge in [-0.15, -0.1) is 0 Å². The van der Waals surface area contributed by atoms with Gasteiger partial charge in [0.25, 0.3) is 17.7 Å². The van der Waals surface area contributed by atoms with E-state index in [1.165, 1.54) is 6.21 Å². The molecule has 238 valence electrons. The Kier molecular flexibility index (Phi) is 13.4. The van der Waals surface area contributed by atoms with Gasteiger partial charge in [0.05, 0.1) is 25.0 Å². The highest BCUT2D eigenvalue weighted by molar-refractivity contribution is 6.30. The van der Waals surface area contributed by atoms with Crippen LogP contribution in [0.2, 0.25) is 5.02 Å².